The molecular formula is C25H34FN9O2. The molecule has 198 valence electrons. The van der Waals surface area contributed by atoms with Gasteiger partial charge < -0.3 is 25.1 Å². The number of methoxy groups -OCH3 is 1. The van der Waals surface area contributed by atoms with Crippen LogP contribution in [-0.4, -0.2) is 79.2 Å². The monoisotopic (exact) mass is 511 g/mol. The zero-order valence-electron chi connectivity index (χ0n) is 21.4. The number of aromatic amines is 1. The van der Waals surface area contributed by atoms with Gasteiger partial charge in [-0.05, 0) is 37.5 Å². The van der Waals surface area contributed by atoms with Crippen molar-refractivity contribution in [3.63, 3.8) is 0 Å². The van der Waals surface area contributed by atoms with E-state index in [1.165, 1.54) is 6.07 Å². The molecule has 4 heterocycles. The fraction of sp³-hybridized carbons (Fsp3) is 0.480. The van der Waals surface area contributed by atoms with Gasteiger partial charge in [-0.15, -0.1) is 0 Å². The highest BCUT2D eigenvalue weighted by Gasteiger charge is 2.40. The Bertz CT molecular complexity index is 1220. The number of benzene rings is 1. The molecule has 1 aromatic heterocycles. The Balaban J connectivity index is 1.46. The lowest BCUT2D eigenvalue weighted by Crippen LogP contribution is -2.52. The molecule has 3 aliphatic rings. The molecule has 3 aliphatic heterocycles. The van der Waals surface area contributed by atoms with Crippen LogP contribution in [0.5, 0.6) is 0 Å². The summed E-state index contributed by atoms with van der Waals surface area (Å²) in [6.07, 6.45) is 3.91. The van der Waals surface area contributed by atoms with Crippen LogP contribution in [0.4, 0.5) is 15.9 Å². The van der Waals surface area contributed by atoms with Crippen LogP contribution in [0, 0.1) is 12.7 Å². The smallest absolute Gasteiger partial charge is 0.210 e. The third-order valence-electron chi connectivity index (χ3n) is 6.70. The summed E-state index contributed by atoms with van der Waals surface area (Å²) in [6, 6.07) is 7.09. The Morgan fingerprint density at radius 2 is 2.11 bits per heavy atom. The summed E-state index contributed by atoms with van der Waals surface area (Å²) in [5.41, 5.74) is 13.2. The van der Waals surface area contributed by atoms with Gasteiger partial charge in [0, 0.05) is 58.3 Å². The quantitative estimate of drug-likeness (QED) is 0.423. The first kappa shape index (κ1) is 25.2. The van der Waals surface area contributed by atoms with E-state index in [1.54, 1.807) is 19.2 Å². The van der Waals surface area contributed by atoms with Gasteiger partial charge in [-0.1, -0.05) is 6.07 Å². The first-order chi connectivity index (χ1) is 17.8. The molecular weight excluding hydrogens is 477 g/mol. The summed E-state index contributed by atoms with van der Waals surface area (Å²) in [6.45, 7) is 4.37. The van der Waals surface area contributed by atoms with Crippen LogP contribution in [-0.2, 0) is 15.9 Å². The Morgan fingerprint density at radius 3 is 2.84 bits per heavy atom. The van der Waals surface area contributed by atoms with E-state index in [-0.39, 0.29) is 18.3 Å². The van der Waals surface area contributed by atoms with Crippen molar-refractivity contribution in [1.29, 1.82) is 0 Å². The lowest BCUT2D eigenvalue weighted by Gasteiger charge is -2.36. The van der Waals surface area contributed by atoms with Crippen molar-refractivity contribution in [3.05, 3.63) is 53.1 Å². The van der Waals surface area contributed by atoms with Gasteiger partial charge in [0.1, 0.15) is 11.7 Å². The number of hydrazine groups is 1. The van der Waals surface area contributed by atoms with E-state index in [0.717, 1.165) is 35.5 Å². The zero-order valence-corrected chi connectivity index (χ0v) is 21.4. The minimum absolute atomic E-state index is 0.212. The van der Waals surface area contributed by atoms with Crippen LogP contribution in [0.3, 0.4) is 0 Å². The second-order valence-electron chi connectivity index (χ2n) is 9.61. The van der Waals surface area contributed by atoms with E-state index in [2.05, 4.69) is 25.9 Å². The molecule has 5 N–H and O–H groups in total. The average molecular weight is 512 g/mol. The van der Waals surface area contributed by atoms with Gasteiger partial charge in [0.15, 0.2) is 11.7 Å². The molecule has 0 aliphatic carbocycles. The molecule has 1 saturated heterocycles. The number of amidine groups is 2. The lowest BCUT2D eigenvalue weighted by molar-refractivity contribution is 0.0486. The largest absolute Gasteiger partial charge is 0.383 e. The molecule has 12 heteroatoms. The second kappa shape index (κ2) is 10.5. The van der Waals surface area contributed by atoms with Gasteiger partial charge in [-0.25, -0.2) is 14.4 Å². The van der Waals surface area contributed by atoms with Crippen LogP contribution < -0.4 is 21.4 Å². The summed E-state index contributed by atoms with van der Waals surface area (Å²) in [4.78, 5) is 11.6. The van der Waals surface area contributed by atoms with Crippen LogP contribution >= 0.6 is 0 Å². The number of likely N-dealkylation sites (N-methyl/N-ethyl adjacent to an activating group) is 1. The number of aliphatic imine (C=N–C) groups is 2. The Kier molecular flexibility index (Phi) is 7.13. The number of hydrogen-bond donors (Lipinski definition) is 4. The number of hydrogen-bond acceptors (Lipinski definition) is 10. The maximum atomic E-state index is 14.6. The highest BCUT2D eigenvalue weighted by atomic mass is 19.1. The van der Waals surface area contributed by atoms with Crippen molar-refractivity contribution in [3.8, 4) is 0 Å². The van der Waals surface area contributed by atoms with Crippen molar-refractivity contribution in [2.45, 2.75) is 38.0 Å². The van der Waals surface area contributed by atoms with E-state index in [9.17, 15) is 4.39 Å². The first-order valence-electron chi connectivity index (χ1n) is 12.5. The molecule has 1 fully saturated rings. The SMILES string of the molecule is COCCN(C)c1cc(CC2(N)N=C(Nc3cc(C)[nH]n3)C3=CNN(C4CCOCC4)C3=N2)ccc1F. The molecule has 0 saturated carbocycles. The van der Waals surface area contributed by atoms with Gasteiger partial charge in [-0.2, -0.15) is 5.10 Å². The highest BCUT2D eigenvalue weighted by Crippen LogP contribution is 2.30. The van der Waals surface area contributed by atoms with Crippen LogP contribution in [0.2, 0.25) is 0 Å². The molecule has 2 aromatic rings. The maximum Gasteiger partial charge on any atom is 0.210 e. The van der Waals surface area contributed by atoms with E-state index in [1.807, 2.05) is 31.1 Å². The van der Waals surface area contributed by atoms with Gasteiger partial charge in [-0.3, -0.25) is 15.8 Å². The summed E-state index contributed by atoms with van der Waals surface area (Å²) in [5, 5.41) is 12.6. The number of nitrogens with one attached hydrogen (secondary N) is 3. The Hall–Kier alpha value is -3.48. The normalized spacial score (nSPS) is 21.6. The van der Waals surface area contributed by atoms with Crippen molar-refractivity contribution in [2.75, 3.05) is 50.7 Å². The third kappa shape index (κ3) is 5.45. The average Bonchev–Trinajstić information content (AvgIpc) is 3.49. The molecule has 1 aromatic carbocycles. The summed E-state index contributed by atoms with van der Waals surface area (Å²) < 4.78 is 25.3. The van der Waals surface area contributed by atoms with E-state index >= 15 is 0 Å². The topological polar surface area (TPSA) is 128 Å². The predicted molar refractivity (Wildman–Crippen MR) is 141 cm³/mol. The number of anilines is 2. The number of nitrogens with zero attached hydrogens (tertiary/aromatic N) is 5. The van der Waals surface area contributed by atoms with Gasteiger partial charge in [0.2, 0.25) is 5.79 Å². The number of aryl methyl sites for hydroxylation is 1. The van der Waals surface area contributed by atoms with Gasteiger partial charge in [0.05, 0.1) is 23.9 Å². The van der Waals surface area contributed by atoms with Gasteiger partial charge in [0.25, 0.3) is 0 Å². The number of nitrogens with two attached hydrogens (primary N) is 1. The number of H-pyrrole nitrogens is 1. The van der Waals surface area contributed by atoms with E-state index in [4.69, 9.17) is 25.2 Å². The fourth-order valence-corrected chi connectivity index (χ4v) is 4.75. The Morgan fingerprint density at radius 1 is 1.30 bits per heavy atom. The first-order valence-corrected chi connectivity index (χ1v) is 12.5. The van der Waals surface area contributed by atoms with Crippen molar-refractivity contribution in [2.24, 2.45) is 15.7 Å². The molecule has 1 unspecified atom stereocenters. The molecule has 0 amide bonds. The summed E-state index contributed by atoms with van der Waals surface area (Å²) in [7, 11) is 3.46. The lowest BCUT2D eigenvalue weighted by atomic mass is 10.0. The molecule has 0 bridgehead atoms. The minimum Gasteiger partial charge on any atom is -0.383 e. The van der Waals surface area contributed by atoms with Crippen molar-refractivity contribution in [1.82, 2.24) is 20.6 Å². The summed E-state index contributed by atoms with van der Waals surface area (Å²) >= 11 is 0. The zero-order chi connectivity index (χ0) is 26.0. The minimum atomic E-state index is -1.31. The number of rotatable bonds is 8. The second-order valence-corrected chi connectivity index (χ2v) is 9.61. The molecule has 0 spiro atoms. The number of halogens is 1. The Labute approximate surface area is 215 Å². The third-order valence-corrected chi connectivity index (χ3v) is 6.70. The van der Waals surface area contributed by atoms with Gasteiger partial charge >= 0.3 is 0 Å². The molecule has 11 nitrogen and oxygen atoms in total. The van der Waals surface area contributed by atoms with Crippen LogP contribution in [0.25, 0.3) is 0 Å². The predicted octanol–water partition coefficient (Wildman–Crippen LogP) is 1.90. The fourth-order valence-electron chi connectivity index (χ4n) is 4.75. The molecule has 5 rings (SSSR count). The summed E-state index contributed by atoms with van der Waals surface area (Å²) in [5.74, 6) is 0.308. The van der Waals surface area contributed by atoms with Crippen LogP contribution in [0.15, 0.2) is 46.0 Å². The highest BCUT2D eigenvalue weighted by molar-refractivity contribution is 6.28. The van der Waals surface area contributed by atoms with E-state index in [0.29, 0.717) is 43.7 Å². The standard InChI is InChI=1S/C25H34FN9O2/c1-16-12-22(33-32-16)29-23-19-15-28-35(18-6-9-37-10-7-18)24(19)31-25(27,30-23)14-17-4-5-20(26)21(13-17)34(2)8-11-36-3/h4-5,12-13,15,18,28H,6-11,14,27H2,1-3H3,(H2,29,30,32,33). The molecule has 0 radical (unpaired) electrons. The molecule has 1 atom stereocenters. The van der Waals surface area contributed by atoms with Crippen molar-refractivity contribution >= 4 is 23.2 Å². The van der Waals surface area contributed by atoms with E-state index < -0.39 is 5.79 Å². The molecule has 37 heavy (non-hydrogen) atoms. The number of aromatic nitrogens is 2. The van der Waals surface area contributed by atoms with Crippen molar-refractivity contribution < 1.29 is 13.9 Å². The van der Waals surface area contributed by atoms with Crippen LogP contribution in [0.1, 0.15) is 24.1 Å². The maximum absolute atomic E-state index is 14.6. The number of ether oxygens (including phenoxy) is 2. The number of fused-ring (bicyclic) bond motifs is 1.